The predicted molar refractivity (Wildman–Crippen MR) is 113 cm³/mol. The zero-order chi connectivity index (χ0) is 20.2. The third kappa shape index (κ3) is 3.13. The van der Waals surface area contributed by atoms with E-state index in [4.69, 9.17) is 0 Å². The van der Waals surface area contributed by atoms with Crippen molar-refractivity contribution >= 4 is 16.0 Å². The molecule has 3 atom stereocenters. The summed E-state index contributed by atoms with van der Waals surface area (Å²) in [5.41, 5.74) is 1.44. The van der Waals surface area contributed by atoms with E-state index in [1.165, 1.54) is 18.5 Å². The lowest BCUT2D eigenvalue weighted by Crippen LogP contribution is -2.55. The number of allylic oxidation sites excluding steroid dienone is 2. The van der Waals surface area contributed by atoms with Crippen molar-refractivity contribution in [2.45, 2.75) is 36.6 Å². The quantitative estimate of drug-likeness (QED) is 0.385. The van der Waals surface area contributed by atoms with Crippen molar-refractivity contribution in [3.05, 3.63) is 28.8 Å². The fourth-order valence-corrected chi connectivity index (χ4v) is 6.74. The maximum absolute atomic E-state index is 13.5. The van der Waals surface area contributed by atoms with Crippen LogP contribution < -0.4 is 0 Å². The Labute approximate surface area is 173 Å². The lowest BCUT2D eigenvalue weighted by molar-refractivity contribution is -0.838. The van der Waals surface area contributed by atoms with Crippen LogP contribution in [0.1, 0.15) is 19.3 Å². The van der Waals surface area contributed by atoms with E-state index in [0.717, 1.165) is 26.2 Å². The molecule has 1 fully saturated rings. The van der Waals surface area contributed by atoms with Gasteiger partial charge in [-0.05, 0) is 23.8 Å². The molecule has 8 nitrogen and oxygen atoms in total. The van der Waals surface area contributed by atoms with Crippen molar-refractivity contribution in [2.24, 2.45) is 4.99 Å². The molecule has 2 aliphatic carbocycles. The van der Waals surface area contributed by atoms with Crippen LogP contribution in [0.25, 0.3) is 4.85 Å². The molecule has 156 valence electrons. The van der Waals surface area contributed by atoms with Crippen molar-refractivity contribution in [1.29, 1.82) is 0 Å². The van der Waals surface area contributed by atoms with Crippen LogP contribution in [0, 0.1) is 6.19 Å². The second-order valence-electron chi connectivity index (χ2n) is 8.99. The number of quaternary nitrogens is 1. The van der Waals surface area contributed by atoms with Crippen LogP contribution in [0.5, 0.6) is 0 Å². The van der Waals surface area contributed by atoms with E-state index in [2.05, 4.69) is 46.0 Å². The molecular weight excluding hydrogens is 388 g/mol. The van der Waals surface area contributed by atoms with Gasteiger partial charge in [0.15, 0.2) is 0 Å². The van der Waals surface area contributed by atoms with Crippen molar-refractivity contribution in [2.75, 3.05) is 53.4 Å². The predicted octanol–water partition coefficient (Wildman–Crippen LogP) is 0.729. The Hall–Kier alpha value is -2.05. The smallest absolute Gasteiger partial charge is 0.372 e. The first-order chi connectivity index (χ1) is 13.9. The van der Waals surface area contributed by atoms with E-state index in [-0.39, 0.29) is 12.1 Å². The maximum atomic E-state index is 13.5. The van der Waals surface area contributed by atoms with Crippen molar-refractivity contribution in [1.82, 2.24) is 14.1 Å². The highest BCUT2D eigenvalue weighted by Gasteiger charge is 2.54. The molecule has 0 aromatic carbocycles. The monoisotopic (exact) mass is 418 g/mol. The molecule has 0 bridgehead atoms. The average Bonchev–Trinajstić information content (AvgIpc) is 3.26. The Kier molecular flexibility index (Phi) is 4.40. The average molecular weight is 419 g/mol. The van der Waals surface area contributed by atoms with Gasteiger partial charge in [-0.15, -0.1) is 0 Å². The lowest BCUT2D eigenvalue weighted by Gasteiger charge is -2.41. The highest BCUT2D eigenvalue weighted by atomic mass is 32.2. The topological polar surface area (TPSA) is 60.6 Å². The third-order valence-corrected chi connectivity index (χ3v) is 8.91. The molecule has 3 aliphatic heterocycles. The summed E-state index contributed by atoms with van der Waals surface area (Å²) in [5.74, 6) is 0.639. The summed E-state index contributed by atoms with van der Waals surface area (Å²) in [6.45, 7) is 4.49. The minimum Gasteiger partial charge on any atom is -0.372 e. The Bertz CT molecular complexity index is 949. The molecule has 0 N–H and O–H groups in total. The number of aliphatic imine (C=N–C) groups is 1. The molecule has 5 rings (SSSR count). The molecule has 1 saturated heterocycles. The number of hydrogen-bond donors (Lipinski definition) is 0. The Morgan fingerprint density at radius 3 is 2.55 bits per heavy atom. The molecule has 3 heterocycles. The van der Waals surface area contributed by atoms with E-state index in [1.54, 1.807) is 4.31 Å². The van der Waals surface area contributed by atoms with Gasteiger partial charge in [0.1, 0.15) is 5.25 Å². The van der Waals surface area contributed by atoms with Crippen molar-refractivity contribution < 1.29 is 12.9 Å². The van der Waals surface area contributed by atoms with Gasteiger partial charge >= 0.3 is 12.2 Å². The fourth-order valence-electron chi connectivity index (χ4n) is 4.94. The normalized spacial score (nSPS) is 32.9. The number of piperazine rings is 1. The minimum absolute atomic E-state index is 0.0166. The largest absolute Gasteiger partial charge is 0.525 e. The zero-order valence-corrected chi connectivity index (χ0v) is 18.1. The third-order valence-electron chi connectivity index (χ3n) is 6.84. The molecular formula is C20H30N6O2S+2. The van der Waals surface area contributed by atoms with Crippen LogP contribution in [-0.4, -0.2) is 104 Å². The van der Waals surface area contributed by atoms with Crippen LogP contribution in [0.4, 0.5) is 0 Å². The molecule has 29 heavy (non-hydrogen) atoms. The molecule has 0 aromatic rings. The maximum Gasteiger partial charge on any atom is 0.525 e. The number of likely N-dealkylation sites (N-methyl/N-ethyl adjacent to an activating group) is 1. The van der Waals surface area contributed by atoms with Gasteiger partial charge in [-0.1, -0.05) is 12.2 Å². The zero-order valence-electron chi connectivity index (χ0n) is 17.2. The van der Waals surface area contributed by atoms with Crippen LogP contribution in [-0.2, 0) is 10.0 Å². The van der Waals surface area contributed by atoms with Crippen LogP contribution >= 0.6 is 0 Å². The first kappa shape index (κ1) is 18.9. The summed E-state index contributed by atoms with van der Waals surface area (Å²) in [5, 5.41) is -0.544. The summed E-state index contributed by atoms with van der Waals surface area (Å²) >= 11 is 0. The van der Waals surface area contributed by atoms with Crippen molar-refractivity contribution in [3.8, 4) is 6.19 Å². The van der Waals surface area contributed by atoms with Crippen molar-refractivity contribution in [3.63, 3.8) is 0 Å². The molecule has 0 amide bonds. The standard InChI is InChI=1S/C20H30N6O2S/c1-26(2)15-22-18-14-17(6-7-19(18)26)29(27,28)25-9-8-21-20(25)24-12-10-23(11-13-24)16-4-3-5-16/h4,6-7,17-19H,3,5,8-14H2,1-2H3/q+2. The number of hydrogen-bond acceptors (Lipinski definition) is 5. The Morgan fingerprint density at radius 2 is 1.86 bits per heavy atom. The summed E-state index contributed by atoms with van der Waals surface area (Å²) in [6.07, 6.45) is 12.2. The summed E-state index contributed by atoms with van der Waals surface area (Å²) in [6, 6.07) is 0.166. The number of nitrogens with zero attached hydrogens (tertiary/aromatic N) is 6. The highest BCUT2D eigenvalue weighted by Crippen LogP contribution is 2.32. The van der Waals surface area contributed by atoms with Crippen LogP contribution in [0.15, 0.2) is 28.9 Å². The molecule has 9 heteroatoms. The van der Waals surface area contributed by atoms with E-state index >= 15 is 0 Å². The number of sulfonamides is 1. The summed E-state index contributed by atoms with van der Waals surface area (Å²) < 4.78 is 29.1. The first-order valence-corrected chi connectivity index (χ1v) is 12.1. The van der Waals surface area contributed by atoms with E-state index in [1.807, 2.05) is 12.2 Å². The molecule has 0 aromatic heterocycles. The van der Waals surface area contributed by atoms with E-state index < -0.39 is 15.3 Å². The number of fused-ring (bicyclic) bond motifs is 1. The SMILES string of the molecule is C[N+]1(C)C#[N+]C2CC(S(=O)(=O)N3CCN=C3N3CCN(C4=CCC4)CC3)C=CC21. The fraction of sp³-hybridized carbons (Fsp3) is 0.700. The van der Waals surface area contributed by atoms with Gasteiger partial charge in [-0.3, -0.25) is 4.99 Å². The van der Waals surface area contributed by atoms with Crippen LogP contribution in [0.3, 0.4) is 0 Å². The highest BCUT2D eigenvalue weighted by molar-refractivity contribution is 7.90. The van der Waals surface area contributed by atoms with Gasteiger partial charge in [0.2, 0.25) is 22.0 Å². The number of rotatable bonds is 3. The van der Waals surface area contributed by atoms with Gasteiger partial charge in [-0.2, -0.15) is 4.48 Å². The Balaban J connectivity index is 1.30. The first-order valence-electron chi connectivity index (χ1n) is 10.6. The van der Waals surface area contributed by atoms with E-state index in [0.29, 0.717) is 30.0 Å². The van der Waals surface area contributed by atoms with Gasteiger partial charge in [0, 0.05) is 31.9 Å². The summed E-state index contributed by atoms with van der Waals surface area (Å²) in [4.78, 5) is 13.6. The van der Waals surface area contributed by atoms with Gasteiger partial charge in [0.25, 0.3) is 0 Å². The molecule has 0 spiro atoms. The molecule has 5 aliphatic rings. The van der Waals surface area contributed by atoms with Gasteiger partial charge < -0.3 is 9.80 Å². The number of guanidine groups is 1. The Morgan fingerprint density at radius 1 is 1.14 bits per heavy atom. The molecule has 3 unspecified atom stereocenters. The lowest BCUT2D eigenvalue weighted by atomic mass is 9.96. The van der Waals surface area contributed by atoms with Gasteiger partial charge in [-0.25, -0.2) is 12.7 Å². The summed E-state index contributed by atoms with van der Waals surface area (Å²) in [7, 11) is 0.602. The molecule has 0 saturated carbocycles. The van der Waals surface area contributed by atoms with Crippen LogP contribution in [0.2, 0.25) is 0 Å². The second-order valence-corrected chi connectivity index (χ2v) is 11.1. The van der Waals surface area contributed by atoms with Gasteiger partial charge in [0.05, 0.1) is 33.6 Å². The van der Waals surface area contributed by atoms with E-state index in [9.17, 15) is 8.42 Å². The minimum atomic E-state index is -3.51. The molecule has 0 radical (unpaired) electrons. The second kappa shape index (κ2) is 6.74.